The molecule has 0 bridgehead atoms. The number of hydrogen-bond acceptors (Lipinski definition) is 2. The lowest BCUT2D eigenvalue weighted by Gasteiger charge is -2.15. The summed E-state index contributed by atoms with van der Waals surface area (Å²) < 4.78 is 0. The van der Waals surface area contributed by atoms with Crippen molar-refractivity contribution in [1.82, 2.24) is 4.98 Å². The van der Waals surface area contributed by atoms with Gasteiger partial charge in [0.2, 0.25) is 0 Å². The van der Waals surface area contributed by atoms with Gasteiger partial charge in [-0.05, 0) is 30.2 Å². The van der Waals surface area contributed by atoms with Gasteiger partial charge in [0.1, 0.15) is 6.04 Å². The normalized spacial score (nSPS) is 11.6. The van der Waals surface area contributed by atoms with E-state index in [1.165, 1.54) is 11.1 Å². The molecular formula is C20H18N2. The Kier molecular flexibility index (Phi) is 4.40. The van der Waals surface area contributed by atoms with Gasteiger partial charge in [0.25, 0.3) is 0 Å². The van der Waals surface area contributed by atoms with E-state index in [4.69, 9.17) is 4.99 Å². The highest BCUT2D eigenvalue weighted by atomic mass is 14.8. The van der Waals surface area contributed by atoms with Gasteiger partial charge < -0.3 is 0 Å². The van der Waals surface area contributed by atoms with Crippen LogP contribution in [0.2, 0.25) is 0 Å². The second kappa shape index (κ2) is 6.81. The molecule has 0 aliphatic carbocycles. The first-order chi connectivity index (χ1) is 10.8. The summed E-state index contributed by atoms with van der Waals surface area (Å²) in [5.41, 5.74) is 4.23. The van der Waals surface area contributed by atoms with Gasteiger partial charge in [-0.3, -0.25) is 9.98 Å². The quantitative estimate of drug-likeness (QED) is 0.639. The number of rotatable bonds is 4. The standard InChI is InChI=1S/C20H18N2/c1-16(19-14-8-9-15-21-19)22-20(17-10-4-2-5-11-17)18-12-6-3-7-13-18/h2-15,20H,1H3/b22-16+. The van der Waals surface area contributed by atoms with Crippen LogP contribution in [0.3, 0.4) is 0 Å². The van der Waals surface area contributed by atoms with E-state index in [9.17, 15) is 0 Å². The van der Waals surface area contributed by atoms with Crippen LogP contribution in [0.1, 0.15) is 29.8 Å². The molecular weight excluding hydrogens is 268 g/mol. The second-order valence-corrected chi connectivity index (χ2v) is 5.15. The Morgan fingerprint density at radius 2 is 1.32 bits per heavy atom. The second-order valence-electron chi connectivity index (χ2n) is 5.15. The average molecular weight is 286 g/mol. The summed E-state index contributed by atoms with van der Waals surface area (Å²) in [7, 11) is 0. The van der Waals surface area contributed by atoms with Crippen LogP contribution in [0.25, 0.3) is 0 Å². The highest BCUT2D eigenvalue weighted by Gasteiger charge is 2.13. The number of pyridine rings is 1. The van der Waals surface area contributed by atoms with E-state index >= 15 is 0 Å². The van der Waals surface area contributed by atoms with Gasteiger partial charge in [0.15, 0.2) is 0 Å². The largest absolute Gasteiger partial charge is 0.275 e. The van der Waals surface area contributed by atoms with Crippen LogP contribution in [0, 0.1) is 0 Å². The molecule has 0 saturated carbocycles. The van der Waals surface area contributed by atoms with E-state index in [2.05, 4.69) is 53.5 Å². The first kappa shape index (κ1) is 14.2. The molecule has 0 amide bonds. The lowest BCUT2D eigenvalue weighted by Crippen LogP contribution is -2.04. The molecule has 0 radical (unpaired) electrons. The Morgan fingerprint density at radius 1 is 0.773 bits per heavy atom. The SMILES string of the molecule is C/C(=N\C(c1ccccc1)c1ccccc1)c1ccccn1. The van der Waals surface area contributed by atoms with Crippen LogP contribution in [0.5, 0.6) is 0 Å². The monoisotopic (exact) mass is 286 g/mol. The fraction of sp³-hybridized carbons (Fsp3) is 0.100. The number of benzene rings is 2. The zero-order valence-corrected chi connectivity index (χ0v) is 12.6. The van der Waals surface area contributed by atoms with Gasteiger partial charge in [-0.15, -0.1) is 0 Å². The van der Waals surface area contributed by atoms with Crippen LogP contribution in [-0.4, -0.2) is 10.7 Å². The van der Waals surface area contributed by atoms with E-state index < -0.39 is 0 Å². The van der Waals surface area contributed by atoms with Crippen molar-refractivity contribution in [2.45, 2.75) is 13.0 Å². The molecule has 2 aromatic carbocycles. The van der Waals surface area contributed by atoms with Gasteiger partial charge in [-0.2, -0.15) is 0 Å². The maximum atomic E-state index is 4.94. The van der Waals surface area contributed by atoms with Crippen LogP contribution >= 0.6 is 0 Å². The minimum absolute atomic E-state index is 0.00981. The highest BCUT2D eigenvalue weighted by Crippen LogP contribution is 2.26. The number of hydrogen-bond donors (Lipinski definition) is 0. The smallest absolute Gasteiger partial charge is 0.100 e. The zero-order valence-electron chi connectivity index (χ0n) is 12.6. The Bertz CT molecular complexity index is 695. The van der Waals surface area contributed by atoms with Crippen LogP contribution in [0.4, 0.5) is 0 Å². The predicted octanol–water partition coefficient (Wildman–Crippen LogP) is 4.68. The predicted molar refractivity (Wildman–Crippen MR) is 91.2 cm³/mol. The van der Waals surface area contributed by atoms with Crippen molar-refractivity contribution in [3.8, 4) is 0 Å². The van der Waals surface area contributed by atoms with Crippen LogP contribution in [-0.2, 0) is 0 Å². The van der Waals surface area contributed by atoms with E-state index in [1.807, 2.05) is 37.3 Å². The maximum Gasteiger partial charge on any atom is 0.100 e. The van der Waals surface area contributed by atoms with Crippen LogP contribution in [0.15, 0.2) is 90.1 Å². The topological polar surface area (TPSA) is 25.2 Å². The van der Waals surface area contributed by atoms with Crippen molar-refractivity contribution < 1.29 is 0 Å². The summed E-state index contributed by atoms with van der Waals surface area (Å²) in [6.07, 6.45) is 1.80. The van der Waals surface area contributed by atoms with Gasteiger partial charge >= 0.3 is 0 Å². The average Bonchev–Trinajstić information content (AvgIpc) is 2.62. The van der Waals surface area contributed by atoms with E-state index in [0.29, 0.717) is 0 Å². The molecule has 22 heavy (non-hydrogen) atoms. The van der Waals surface area contributed by atoms with Gasteiger partial charge in [-0.25, -0.2) is 0 Å². The minimum atomic E-state index is -0.00981. The summed E-state index contributed by atoms with van der Waals surface area (Å²) in [6, 6.07) is 26.6. The summed E-state index contributed by atoms with van der Waals surface area (Å²) in [6.45, 7) is 2.02. The molecule has 2 heteroatoms. The Labute approximate surface area is 131 Å². The number of nitrogens with zero attached hydrogens (tertiary/aromatic N) is 2. The molecule has 3 aromatic rings. The molecule has 0 N–H and O–H groups in total. The third-order valence-corrected chi connectivity index (χ3v) is 3.59. The zero-order chi connectivity index (χ0) is 15.2. The van der Waals surface area contributed by atoms with E-state index in [-0.39, 0.29) is 6.04 Å². The van der Waals surface area contributed by atoms with Gasteiger partial charge in [-0.1, -0.05) is 66.7 Å². The molecule has 3 rings (SSSR count). The van der Waals surface area contributed by atoms with E-state index in [1.54, 1.807) is 6.20 Å². The molecule has 0 unspecified atom stereocenters. The fourth-order valence-corrected chi connectivity index (χ4v) is 2.45. The molecule has 0 aliphatic heterocycles. The lowest BCUT2D eigenvalue weighted by molar-refractivity contribution is 0.870. The van der Waals surface area contributed by atoms with Crippen molar-refractivity contribution in [3.05, 3.63) is 102 Å². The third kappa shape index (κ3) is 3.29. The van der Waals surface area contributed by atoms with Crippen molar-refractivity contribution in [2.75, 3.05) is 0 Å². The van der Waals surface area contributed by atoms with Crippen molar-refractivity contribution >= 4 is 5.71 Å². The molecule has 1 aromatic heterocycles. The minimum Gasteiger partial charge on any atom is -0.275 e. The Balaban J connectivity index is 2.03. The molecule has 1 heterocycles. The molecule has 0 aliphatic rings. The van der Waals surface area contributed by atoms with Crippen molar-refractivity contribution in [3.63, 3.8) is 0 Å². The molecule has 0 saturated heterocycles. The lowest BCUT2D eigenvalue weighted by atomic mass is 9.99. The number of aliphatic imine (C=N–C) groups is 1. The maximum absolute atomic E-state index is 4.94. The summed E-state index contributed by atoms with van der Waals surface area (Å²) in [4.78, 5) is 9.33. The summed E-state index contributed by atoms with van der Waals surface area (Å²) in [5.74, 6) is 0. The molecule has 0 spiro atoms. The molecule has 0 atom stereocenters. The van der Waals surface area contributed by atoms with Gasteiger partial charge in [0.05, 0.1) is 11.4 Å². The Morgan fingerprint density at radius 3 is 1.82 bits per heavy atom. The molecule has 0 fully saturated rings. The summed E-state index contributed by atoms with van der Waals surface area (Å²) in [5, 5.41) is 0. The summed E-state index contributed by atoms with van der Waals surface area (Å²) >= 11 is 0. The van der Waals surface area contributed by atoms with E-state index in [0.717, 1.165) is 11.4 Å². The highest BCUT2D eigenvalue weighted by molar-refractivity contribution is 5.97. The fourth-order valence-electron chi connectivity index (χ4n) is 2.45. The Hall–Kier alpha value is -2.74. The number of aromatic nitrogens is 1. The molecule has 2 nitrogen and oxygen atoms in total. The van der Waals surface area contributed by atoms with Crippen LogP contribution < -0.4 is 0 Å². The van der Waals surface area contributed by atoms with Crippen molar-refractivity contribution in [1.29, 1.82) is 0 Å². The molecule has 108 valence electrons. The third-order valence-electron chi connectivity index (χ3n) is 3.59. The van der Waals surface area contributed by atoms with Crippen molar-refractivity contribution in [2.24, 2.45) is 4.99 Å². The first-order valence-corrected chi connectivity index (χ1v) is 7.40. The first-order valence-electron chi connectivity index (χ1n) is 7.40. The van der Waals surface area contributed by atoms with Gasteiger partial charge in [0, 0.05) is 6.20 Å².